The van der Waals surface area contributed by atoms with Crippen LogP contribution in [0.2, 0.25) is 0 Å². The highest BCUT2D eigenvalue weighted by Crippen LogP contribution is 2.38. The molecule has 0 spiro atoms. The molecule has 0 atom stereocenters. The Bertz CT molecular complexity index is 1340. The van der Waals surface area contributed by atoms with Crippen molar-refractivity contribution in [3.05, 3.63) is 123 Å². The molecule has 4 aromatic carbocycles. The molecule has 0 bridgehead atoms. The first kappa shape index (κ1) is 21.2. The van der Waals surface area contributed by atoms with Gasteiger partial charge in [0, 0.05) is 10.5 Å². The Labute approximate surface area is 201 Å². The first-order valence-corrected chi connectivity index (χ1v) is 11.5. The lowest BCUT2D eigenvalue weighted by Gasteiger charge is -2.09. The maximum Gasteiger partial charge on any atom is 0.232 e. The fraction of sp³-hybridized carbons (Fsp3) is 0.0690. The van der Waals surface area contributed by atoms with Gasteiger partial charge in [-0.3, -0.25) is 4.79 Å². The molecule has 1 aliphatic rings. The van der Waals surface area contributed by atoms with Crippen molar-refractivity contribution in [3.63, 3.8) is 0 Å². The van der Waals surface area contributed by atoms with E-state index in [2.05, 4.69) is 28.1 Å². The normalized spacial score (nSPS) is 13.6. The SMILES string of the molecule is Cc1cc(OCc2ccc(Br)cc2)cc2c1C(=O)/C(=C/c1ccc(-c3ccccc3)cc1)O2. The number of benzene rings is 4. The second kappa shape index (κ2) is 9.08. The predicted octanol–water partition coefficient (Wildman–Crippen LogP) is 7.62. The summed E-state index contributed by atoms with van der Waals surface area (Å²) in [5, 5.41) is 0. The lowest BCUT2D eigenvalue weighted by molar-refractivity contribution is 0.101. The molecule has 4 heteroatoms. The summed E-state index contributed by atoms with van der Waals surface area (Å²) in [4.78, 5) is 13.0. The minimum Gasteiger partial charge on any atom is -0.489 e. The molecule has 0 aliphatic carbocycles. The van der Waals surface area contributed by atoms with E-state index in [9.17, 15) is 4.79 Å². The number of Topliss-reactive ketones (excluding diaryl/α,β-unsaturated/α-hetero) is 1. The molecule has 1 heterocycles. The fourth-order valence-corrected chi connectivity index (χ4v) is 4.13. The van der Waals surface area contributed by atoms with Crippen LogP contribution in [0.1, 0.15) is 27.0 Å². The van der Waals surface area contributed by atoms with Crippen molar-refractivity contribution >= 4 is 27.8 Å². The molecule has 33 heavy (non-hydrogen) atoms. The number of carbonyl (C=O) groups excluding carboxylic acids is 1. The summed E-state index contributed by atoms with van der Waals surface area (Å²) >= 11 is 3.44. The van der Waals surface area contributed by atoms with Crippen molar-refractivity contribution in [1.82, 2.24) is 0 Å². The van der Waals surface area contributed by atoms with Crippen molar-refractivity contribution in [2.75, 3.05) is 0 Å². The maximum atomic E-state index is 13.0. The van der Waals surface area contributed by atoms with Crippen LogP contribution in [0.5, 0.6) is 11.5 Å². The number of aryl methyl sites for hydroxylation is 1. The zero-order valence-corrected chi connectivity index (χ0v) is 19.6. The van der Waals surface area contributed by atoms with Crippen molar-refractivity contribution < 1.29 is 14.3 Å². The van der Waals surface area contributed by atoms with Gasteiger partial charge in [-0.2, -0.15) is 0 Å². The summed E-state index contributed by atoms with van der Waals surface area (Å²) in [7, 11) is 0. The number of hydrogen-bond donors (Lipinski definition) is 0. The Morgan fingerprint density at radius 2 is 1.58 bits per heavy atom. The van der Waals surface area contributed by atoms with E-state index in [1.54, 1.807) is 12.1 Å². The molecule has 162 valence electrons. The van der Waals surface area contributed by atoms with E-state index in [0.29, 0.717) is 29.4 Å². The zero-order valence-electron chi connectivity index (χ0n) is 18.0. The number of rotatable bonds is 5. The summed E-state index contributed by atoms with van der Waals surface area (Å²) in [5.74, 6) is 1.44. The van der Waals surface area contributed by atoms with Crippen LogP contribution in [0.3, 0.4) is 0 Å². The maximum absolute atomic E-state index is 13.0. The van der Waals surface area contributed by atoms with Crippen LogP contribution in [0.15, 0.2) is 101 Å². The molecular formula is C29H21BrO3. The van der Waals surface area contributed by atoms with Gasteiger partial charge in [0.15, 0.2) is 5.76 Å². The molecule has 0 amide bonds. The molecule has 0 saturated carbocycles. The molecule has 4 aromatic rings. The van der Waals surface area contributed by atoms with Crippen LogP contribution in [-0.2, 0) is 6.61 Å². The van der Waals surface area contributed by atoms with Crippen LogP contribution in [0, 0.1) is 6.92 Å². The van der Waals surface area contributed by atoms with E-state index in [4.69, 9.17) is 9.47 Å². The molecule has 0 aromatic heterocycles. The van der Waals surface area contributed by atoms with Crippen molar-refractivity contribution in [2.45, 2.75) is 13.5 Å². The third kappa shape index (κ3) is 4.62. The van der Waals surface area contributed by atoms with Crippen molar-refractivity contribution in [3.8, 4) is 22.6 Å². The largest absolute Gasteiger partial charge is 0.489 e. The Balaban J connectivity index is 1.34. The van der Waals surface area contributed by atoms with Crippen molar-refractivity contribution in [2.24, 2.45) is 0 Å². The topological polar surface area (TPSA) is 35.5 Å². The van der Waals surface area contributed by atoms with Gasteiger partial charge in [0.05, 0.1) is 5.56 Å². The lowest BCUT2D eigenvalue weighted by atomic mass is 10.0. The van der Waals surface area contributed by atoms with Crippen LogP contribution >= 0.6 is 15.9 Å². The monoisotopic (exact) mass is 496 g/mol. The Kier molecular flexibility index (Phi) is 5.84. The fourth-order valence-electron chi connectivity index (χ4n) is 3.86. The molecular weight excluding hydrogens is 476 g/mol. The number of hydrogen-bond acceptors (Lipinski definition) is 3. The second-order valence-corrected chi connectivity index (χ2v) is 8.87. The highest BCUT2D eigenvalue weighted by atomic mass is 79.9. The molecule has 3 nitrogen and oxygen atoms in total. The third-order valence-corrected chi connectivity index (χ3v) is 6.11. The predicted molar refractivity (Wildman–Crippen MR) is 134 cm³/mol. The second-order valence-electron chi connectivity index (χ2n) is 7.96. The minimum absolute atomic E-state index is 0.103. The highest BCUT2D eigenvalue weighted by Gasteiger charge is 2.30. The molecule has 0 unspecified atom stereocenters. The van der Waals surface area contributed by atoms with E-state index in [1.165, 1.54) is 0 Å². The summed E-state index contributed by atoms with van der Waals surface area (Å²) in [5.41, 5.74) is 5.69. The number of fused-ring (bicyclic) bond motifs is 1. The quantitative estimate of drug-likeness (QED) is 0.266. The number of halogens is 1. The standard InChI is InChI=1S/C29H21BrO3/c1-19-15-25(32-18-21-9-13-24(30)14-10-21)17-26-28(19)29(31)27(33-26)16-20-7-11-23(12-8-20)22-5-3-2-4-6-22/h2-17H,18H2,1H3/b27-16-. The van der Waals surface area contributed by atoms with Gasteiger partial charge in [0.1, 0.15) is 18.1 Å². The van der Waals surface area contributed by atoms with Crippen LogP contribution in [0.25, 0.3) is 17.2 Å². The number of ketones is 1. The number of allylic oxidation sites excluding steroid dienone is 1. The lowest BCUT2D eigenvalue weighted by Crippen LogP contribution is -2.00. The summed E-state index contributed by atoms with van der Waals surface area (Å²) in [6.07, 6.45) is 1.79. The molecule has 0 radical (unpaired) electrons. The van der Waals surface area contributed by atoms with E-state index in [0.717, 1.165) is 32.3 Å². The Morgan fingerprint density at radius 3 is 2.30 bits per heavy atom. The van der Waals surface area contributed by atoms with E-state index >= 15 is 0 Å². The van der Waals surface area contributed by atoms with Gasteiger partial charge in [-0.25, -0.2) is 0 Å². The highest BCUT2D eigenvalue weighted by molar-refractivity contribution is 9.10. The van der Waals surface area contributed by atoms with Crippen LogP contribution in [0.4, 0.5) is 0 Å². The minimum atomic E-state index is -0.103. The van der Waals surface area contributed by atoms with E-state index in [-0.39, 0.29) is 5.78 Å². The summed E-state index contributed by atoms with van der Waals surface area (Å²) in [6, 6.07) is 29.9. The van der Waals surface area contributed by atoms with Gasteiger partial charge in [-0.1, -0.05) is 82.7 Å². The van der Waals surface area contributed by atoms with Gasteiger partial charge < -0.3 is 9.47 Å². The first-order valence-electron chi connectivity index (χ1n) is 10.7. The molecule has 1 aliphatic heterocycles. The van der Waals surface area contributed by atoms with Gasteiger partial charge in [0.25, 0.3) is 0 Å². The summed E-state index contributed by atoms with van der Waals surface area (Å²) < 4.78 is 12.9. The van der Waals surface area contributed by atoms with Crippen molar-refractivity contribution in [1.29, 1.82) is 0 Å². The van der Waals surface area contributed by atoms with Gasteiger partial charge in [-0.15, -0.1) is 0 Å². The number of carbonyl (C=O) groups is 1. The Hall–Kier alpha value is -3.63. The van der Waals surface area contributed by atoms with Crippen LogP contribution in [-0.4, -0.2) is 5.78 Å². The first-order chi connectivity index (χ1) is 16.1. The smallest absolute Gasteiger partial charge is 0.232 e. The average Bonchev–Trinajstić information content (AvgIpc) is 3.15. The Morgan fingerprint density at radius 1 is 0.879 bits per heavy atom. The zero-order chi connectivity index (χ0) is 22.8. The van der Waals surface area contributed by atoms with Crippen LogP contribution < -0.4 is 9.47 Å². The van der Waals surface area contributed by atoms with E-state index < -0.39 is 0 Å². The van der Waals surface area contributed by atoms with Gasteiger partial charge in [-0.05, 0) is 59.0 Å². The molecule has 0 fully saturated rings. The molecule has 5 rings (SSSR count). The van der Waals surface area contributed by atoms with E-state index in [1.807, 2.05) is 79.7 Å². The molecule has 0 N–H and O–H groups in total. The summed E-state index contributed by atoms with van der Waals surface area (Å²) in [6.45, 7) is 2.35. The molecule has 0 saturated heterocycles. The van der Waals surface area contributed by atoms with Gasteiger partial charge in [0.2, 0.25) is 5.78 Å². The average molecular weight is 497 g/mol. The van der Waals surface area contributed by atoms with Gasteiger partial charge >= 0.3 is 0 Å². The third-order valence-electron chi connectivity index (χ3n) is 5.58. The number of ether oxygens (including phenoxy) is 2.